The molecular weight excluding hydrogens is 226 g/mol. The van der Waals surface area contributed by atoms with E-state index in [1.54, 1.807) is 4.68 Å². The fourth-order valence-electron chi connectivity index (χ4n) is 2.66. The molecule has 1 heterocycles. The highest BCUT2D eigenvalue weighted by atomic mass is 16.5. The van der Waals surface area contributed by atoms with E-state index in [0.717, 1.165) is 42.9 Å². The Hall–Kier alpha value is -1.19. The highest BCUT2D eigenvalue weighted by Crippen LogP contribution is 2.29. The number of aromatic nitrogens is 2. The first-order chi connectivity index (χ1) is 8.72. The Morgan fingerprint density at radius 3 is 2.56 bits per heavy atom. The maximum absolute atomic E-state index is 6.14. The number of rotatable bonds is 4. The summed E-state index contributed by atoms with van der Waals surface area (Å²) in [5.74, 6) is 0.769. The molecule has 1 aromatic rings. The van der Waals surface area contributed by atoms with Gasteiger partial charge in [-0.25, -0.2) is 4.68 Å². The van der Waals surface area contributed by atoms with E-state index in [-0.39, 0.29) is 0 Å². The molecule has 0 aliphatic heterocycles. The van der Waals surface area contributed by atoms with Crippen molar-refractivity contribution in [1.29, 1.82) is 0 Å². The minimum Gasteiger partial charge on any atom is -0.473 e. The van der Waals surface area contributed by atoms with Crippen molar-refractivity contribution in [1.82, 2.24) is 9.78 Å². The second-order valence-corrected chi connectivity index (χ2v) is 5.27. The summed E-state index contributed by atoms with van der Waals surface area (Å²) in [7, 11) is 1.92. The van der Waals surface area contributed by atoms with E-state index in [4.69, 9.17) is 10.5 Å². The van der Waals surface area contributed by atoms with Crippen molar-refractivity contribution < 1.29 is 4.74 Å². The Labute approximate surface area is 110 Å². The van der Waals surface area contributed by atoms with E-state index in [2.05, 4.69) is 12.0 Å². The van der Waals surface area contributed by atoms with Crippen LogP contribution in [0.5, 0.6) is 5.88 Å². The predicted molar refractivity (Wildman–Crippen MR) is 73.7 cm³/mol. The lowest BCUT2D eigenvalue weighted by Crippen LogP contribution is -2.17. The summed E-state index contributed by atoms with van der Waals surface area (Å²) in [4.78, 5) is 0. The van der Waals surface area contributed by atoms with Crippen LogP contribution in [-0.2, 0) is 13.5 Å². The third kappa shape index (κ3) is 2.98. The minimum atomic E-state index is 0.319. The molecule has 4 heteroatoms. The SMILES string of the molecule is CCCc1nn(C)c(OC2CCCCCC2)c1N. The second-order valence-electron chi connectivity index (χ2n) is 5.27. The third-order valence-electron chi connectivity index (χ3n) is 3.67. The van der Waals surface area contributed by atoms with Gasteiger partial charge in [-0.3, -0.25) is 0 Å². The van der Waals surface area contributed by atoms with Crippen molar-refractivity contribution in [2.24, 2.45) is 7.05 Å². The van der Waals surface area contributed by atoms with Gasteiger partial charge in [-0.15, -0.1) is 0 Å². The Kier molecular flexibility index (Phi) is 4.50. The van der Waals surface area contributed by atoms with E-state index in [9.17, 15) is 0 Å². The Morgan fingerprint density at radius 2 is 1.94 bits per heavy atom. The van der Waals surface area contributed by atoms with Crippen LogP contribution in [0.1, 0.15) is 57.6 Å². The molecule has 0 aromatic carbocycles. The molecule has 1 fully saturated rings. The molecule has 1 saturated carbocycles. The molecule has 0 atom stereocenters. The van der Waals surface area contributed by atoms with Gasteiger partial charge >= 0.3 is 0 Å². The fourth-order valence-corrected chi connectivity index (χ4v) is 2.66. The molecule has 0 unspecified atom stereocenters. The zero-order valence-corrected chi connectivity index (χ0v) is 11.6. The molecule has 102 valence electrons. The van der Waals surface area contributed by atoms with Crippen molar-refractivity contribution >= 4 is 5.69 Å². The van der Waals surface area contributed by atoms with Gasteiger partial charge in [-0.2, -0.15) is 5.10 Å². The van der Waals surface area contributed by atoms with Gasteiger partial charge in [0, 0.05) is 7.05 Å². The molecule has 0 radical (unpaired) electrons. The predicted octanol–water partition coefficient (Wildman–Crippen LogP) is 3.06. The highest BCUT2D eigenvalue weighted by Gasteiger charge is 2.19. The van der Waals surface area contributed by atoms with Gasteiger partial charge in [-0.1, -0.05) is 26.2 Å². The number of anilines is 1. The molecular formula is C14H25N3O. The average molecular weight is 251 g/mol. The largest absolute Gasteiger partial charge is 0.473 e. The Bertz CT molecular complexity index is 379. The van der Waals surface area contributed by atoms with Crippen LogP contribution in [0.2, 0.25) is 0 Å². The molecule has 2 rings (SSSR count). The standard InChI is InChI=1S/C14H25N3O/c1-3-8-12-13(15)14(17(2)16-12)18-11-9-6-4-5-7-10-11/h11H,3-10,15H2,1-2H3. The van der Waals surface area contributed by atoms with E-state index < -0.39 is 0 Å². The first kappa shape index (κ1) is 13.2. The first-order valence-electron chi connectivity index (χ1n) is 7.20. The Balaban J connectivity index is 2.07. The van der Waals surface area contributed by atoms with Crippen LogP contribution in [0, 0.1) is 0 Å². The van der Waals surface area contributed by atoms with Gasteiger partial charge in [0.2, 0.25) is 5.88 Å². The smallest absolute Gasteiger partial charge is 0.236 e. The summed E-state index contributed by atoms with van der Waals surface area (Å²) in [5, 5.41) is 4.46. The normalized spacial score (nSPS) is 17.7. The molecule has 1 aliphatic rings. The van der Waals surface area contributed by atoms with Crippen LogP contribution >= 0.6 is 0 Å². The molecule has 0 bridgehead atoms. The summed E-state index contributed by atoms with van der Waals surface area (Å²) in [6.45, 7) is 2.14. The van der Waals surface area contributed by atoms with Crippen molar-refractivity contribution in [3.63, 3.8) is 0 Å². The molecule has 4 nitrogen and oxygen atoms in total. The number of nitrogens with zero attached hydrogens (tertiary/aromatic N) is 2. The molecule has 18 heavy (non-hydrogen) atoms. The highest BCUT2D eigenvalue weighted by molar-refractivity contribution is 5.53. The summed E-state index contributed by atoms with van der Waals surface area (Å²) in [6.07, 6.45) is 9.80. The molecule has 0 saturated heterocycles. The lowest BCUT2D eigenvalue weighted by atomic mass is 10.1. The van der Waals surface area contributed by atoms with Gasteiger partial charge < -0.3 is 10.5 Å². The van der Waals surface area contributed by atoms with Crippen LogP contribution in [0.4, 0.5) is 5.69 Å². The second kappa shape index (κ2) is 6.12. The van der Waals surface area contributed by atoms with Crippen LogP contribution in [0.15, 0.2) is 0 Å². The van der Waals surface area contributed by atoms with E-state index >= 15 is 0 Å². The van der Waals surface area contributed by atoms with E-state index in [1.807, 2.05) is 7.05 Å². The zero-order valence-electron chi connectivity index (χ0n) is 11.6. The van der Waals surface area contributed by atoms with Crippen LogP contribution < -0.4 is 10.5 Å². The third-order valence-corrected chi connectivity index (χ3v) is 3.67. The van der Waals surface area contributed by atoms with Crippen molar-refractivity contribution in [2.45, 2.75) is 64.4 Å². The van der Waals surface area contributed by atoms with Gasteiger partial charge in [0.05, 0.1) is 5.69 Å². The van der Waals surface area contributed by atoms with Crippen LogP contribution in [-0.4, -0.2) is 15.9 Å². The average Bonchev–Trinajstić information content (AvgIpc) is 2.58. The van der Waals surface area contributed by atoms with Crippen LogP contribution in [0.25, 0.3) is 0 Å². The molecule has 2 N–H and O–H groups in total. The van der Waals surface area contributed by atoms with Gasteiger partial charge in [0.15, 0.2) is 0 Å². The fraction of sp³-hybridized carbons (Fsp3) is 0.786. The van der Waals surface area contributed by atoms with Crippen molar-refractivity contribution in [3.05, 3.63) is 5.69 Å². The monoisotopic (exact) mass is 251 g/mol. The number of hydrogen-bond acceptors (Lipinski definition) is 3. The van der Waals surface area contributed by atoms with Gasteiger partial charge in [0.25, 0.3) is 0 Å². The topological polar surface area (TPSA) is 53.1 Å². The number of nitrogen functional groups attached to an aromatic ring is 1. The van der Waals surface area contributed by atoms with E-state index in [0.29, 0.717) is 6.10 Å². The van der Waals surface area contributed by atoms with Gasteiger partial charge in [-0.05, 0) is 32.1 Å². The van der Waals surface area contributed by atoms with Gasteiger partial charge in [0.1, 0.15) is 11.8 Å². The summed E-state index contributed by atoms with van der Waals surface area (Å²) >= 11 is 0. The quantitative estimate of drug-likeness (QED) is 0.837. The Morgan fingerprint density at radius 1 is 1.28 bits per heavy atom. The number of hydrogen-bond donors (Lipinski definition) is 1. The molecule has 1 aliphatic carbocycles. The maximum Gasteiger partial charge on any atom is 0.236 e. The molecule has 0 spiro atoms. The van der Waals surface area contributed by atoms with E-state index in [1.165, 1.54) is 25.7 Å². The maximum atomic E-state index is 6.14. The van der Waals surface area contributed by atoms with Crippen molar-refractivity contribution in [2.75, 3.05) is 5.73 Å². The van der Waals surface area contributed by atoms with Crippen molar-refractivity contribution in [3.8, 4) is 5.88 Å². The van der Waals surface area contributed by atoms with Crippen LogP contribution in [0.3, 0.4) is 0 Å². The molecule has 0 amide bonds. The summed E-state index contributed by atoms with van der Waals surface area (Å²) < 4.78 is 7.90. The minimum absolute atomic E-state index is 0.319. The number of nitrogens with two attached hydrogens (primary N) is 1. The lowest BCUT2D eigenvalue weighted by Gasteiger charge is -2.17. The number of aryl methyl sites for hydroxylation is 2. The lowest BCUT2D eigenvalue weighted by molar-refractivity contribution is 0.169. The summed E-state index contributed by atoms with van der Waals surface area (Å²) in [5.41, 5.74) is 7.85. The summed E-state index contributed by atoms with van der Waals surface area (Å²) in [6, 6.07) is 0. The molecule has 1 aromatic heterocycles. The zero-order chi connectivity index (χ0) is 13.0. The number of ether oxygens (including phenoxy) is 1. The first-order valence-corrected chi connectivity index (χ1v) is 7.20.